The highest BCUT2D eigenvalue weighted by Gasteiger charge is 2.27. The van der Waals surface area contributed by atoms with E-state index in [0.717, 1.165) is 52.4 Å². The van der Waals surface area contributed by atoms with Gasteiger partial charge in [0.15, 0.2) is 0 Å². The van der Waals surface area contributed by atoms with Gasteiger partial charge in [-0.25, -0.2) is 4.39 Å². The molecule has 24 heavy (non-hydrogen) atoms. The Balaban J connectivity index is 1.39. The fourth-order valence-corrected chi connectivity index (χ4v) is 3.48. The van der Waals surface area contributed by atoms with Gasteiger partial charge in [0.2, 0.25) is 0 Å². The van der Waals surface area contributed by atoms with Crippen molar-refractivity contribution in [1.82, 2.24) is 15.1 Å². The van der Waals surface area contributed by atoms with Crippen LogP contribution in [0.5, 0.6) is 0 Å². The zero-order valence-corrected chi connectivity index (χ0v) is 14.2. The molecule has 0 bridgehead atoms. The van der Waals surface area contributed by atoms with Crippen LogP contribution in [0.15, 0.2) is 24.3 Å². The van der Waals surface area contributed by atoms with E-state index in [9.17, 15) is 9.50 Å². The second kappa shape index (κ2) is 8.87. The Hall–Kier alpha value is -1.05. The lowest BCUT2D eigenvalue weighted by atomic mass is 10.0. The van der Waals surface area contributed by atoms with Gasteiger partial charge in [0.1, 0.15) is 5.82 Å². The predicted molar refractivity (Wildman–Crippen MR) is 91.4 cm³/mol. The number of hydrogen-bond donors (Lipinski definition) is 2. The van der Waals surface area contributed by atoms with Crippen LogP contribution in [0.1, 0.15) is 12.0 Å². The van der Waals surface area contributed by atoms with Gasteiger partial charge in [-0.05, 0) is 12.5 Å². The predicted octanol–water partition coefficient (Wildman–Crippen LogP) is 0.683. The highest BCUT2D eigenvalue weighted by Crippen LogP contribution is 2.16. The number of piperidine rings is 1. The minimum atomic E-state index is -0.407. The van der Waals surface area contributed by atoms with Crippen LogP contribution >= 0.6 is 0 Å². The normalized spacial score (nSPS) is 26.6. The van der Waals surface area contributed by atoms with Crippen molar-refractivity contribution in [3.05, 3.63) is 35.6 Å². The Morgan fingerprint density at radius 1 is 1.17 bits per heavy atom. The number of halogens is 1. The molecule has 5 nitrogen and oxygen atoms in total. The van der Waals surface area contributed by atoms with Crippen molar-refractivity contribution in [3.8, 4) is 0 Å². The Labute approximate surface area is 143 Å². The lowest BCUT2D eigenvalue weighted by Crippen LogP contribution is -2.53. The van der Waals surface area contributed by atoms with Crippen molar-refractivity contribution in [3.63, 3.8) is 0 Å². The molecule has 2 aliphatic rings. The van der Waals surface area contributed by atoms with E-state index in [1.54, 1.807) is 6.07 Å². The fourth-order valence-electron chi connectivity index (χ4n) is 3.48. The zero-order chi connectivity index (χ0) is 16.8. The van der Waals surface area contributed by atoms with Crippen LogP contribution in [0, 0.1) is 5.82 Å². The molecule has 2 atom stereocenters. The first kappa shape index (κ1) is 17.8. The molecule has 134 valence electrons. The summed E-state index contributed by atoms with van der Waals surface area (Å²) in [5, 5.41) is 13.9. The molecule has 0 amide bonds. The summed E-state index contributed by atoms with van der Waals surface area (Å²) >= 11 is 0. The standard InChI is InChI=1S/C18H28FN3O2/c19-16-4-2-1-3-15(16)13-22-7-5-17(18(23)14-22)20-6-8-21-9-11-24-12-10-21/h1-4,17-18,20,23H,5-14H2/t17-,18-/m1/s1. The van der Waals surface area contributed by atoms with E-state index in [4.69, 9.17) is 4.74 Å². The van der Waals surface area contributed by atoms with E-state index in [-0.39, 0.29) is 11.9 Å². The number of β-amino-alcohol motifs (C(OH)–C–C–N with tert-alkyl or cyclic N) is 1. The Kier molecular flexibility index (Phi) is 6.57. The van der Waals surface area contributed by atoms with E-state index in [0.29, 0.717) is 18.7 Å². The number of ether oxygens (including phenoxy) is 1. The number of aliphatic hydroxyl groups excluding tert-OH is 1. The van der Waals surface area contributed by atoms with Crippen molar-refractivity contribution in [2.45, 2.75) is 25.1 Å². The van der Waals surface area contributed by atoms with Crippen LogP contribution in [0.2, 0.25) is 0 Å². The van der Waals surface area contributed by atoms with Crippen molar-refractivity contribution in [2.24, 2.45) is 0 Å². The van der Waals surface area contributed by atoms with Gasteiger partial charge in [0.05, 0.1) is 19.3 Å². The van der Waals surface area contributed by atoms with Gasteiger partial charge in [-0.15, -0.1) is 0 Å². The smallest absolute Gasteiger partial charge is 0.127 e. The second-order valence-electron chi connectivity index (χ2n) is 6.70. The van der Waals surface area contributed by atoms with Gasteiger partial charge < -0.3 is 15.2 Å². The summed E-state index contributed by atoms with van der Waals surface area (Å²) in [6, 6.07) is 7.00. The molecule has 0 radical (unpaired) electrons. The molecule has 6 heteroatoms. The molecule has 0 spiro atoms. The Morgan fingerprint density at radius 3 is 2.71 bits per heavy atom. The maximum Gasteiger partial charge on any atom is 0.127 e. The van der Waals surface area contributed by atoms with Crippen molar-refractivity contribution < 1.29 is 14.2 Å². The van der Waals surface area contributed by atoms with Crippen LogP contribution in [0.25, 0.3) is 0 Å². The van der Waals surface area contributed by atoms with E-state index in [1.165, 1.54) is 6.07 Å². The van der Waals surface area contributed by atoms with Gasteiger partial charge in [-0.2, -0.15) is 0 Å². The topological polar surface area (TPSA) is 48.0 Å². The number of nitrogens with zero attached hydrogens (tertiary/aromatic N) is 2. The number of nitrogens with one attached hydrogen (secondary N) is 1. The summed E-state index contributed by atoms with van der Waals surface area (Å²) < 4.78 is 19.1. The first-order valence-corrected chi connectivity index (χ1v) is 8.89. The number of aliphatic hydroxyl groups is 1. The maximum absolute atomic E-state index is 13.7. The molecule has 0 aromatic heterocycles. The van der Waals surface area contributed by atoms with E-state index in [1.807, 2.05) is 12.1 Å². The summed E-state index contributed by atoms with van der Waals surface area (Å²) in [4.78, 5) is 4.51. The van der Waals surface area contributed by atoms with Crippen LogP contribution < -0.4 is 5.32 Å². The molecule has 2 fully saturated rings. The first-order valence-electron chi connectivity index (χ1n) is 8.89. The maximum atomic E-state index is 13.7. The number of rotatable bonds is 6. The third kappa shape index (κ3) is 4.97. The van der Waals surface area contributed by atoms with Crippen molar-refractivity contribution >= 4 is 0 Å². The highest BCUT2D eigenvalue weighted by atomic mass is 19.1. The molecular weight excluding hydrogens is 309 g/mol. The third-order valence-electron chi connectivity index (χ3n) is 4.96. The van der Waals surface area contributed by atoms with Crippen LogP contribution in [-0.2, 0) is 11.3 Å². The molecule has 2 aliphatic heterocycles. The number of hydrogen-bond acceptors (Lipinski definition) is 5. The molecule has 2 heterocycles. The fraction of sp³-hybridized carbons (Fsp3) is 0.667. The van der Waals surface area contributed by atoms with E-state index in [2.05, 4.69) is 15.1 Å². The number of morpholine rings is 1. The quantitative estimate of drug-likeness (QED) is 0.800. The zero-order valence-electron chi connectivity index (χ0n) is 14.2. The number of likely N-dealkylation sites (tertiary alicyclic amines) is 1. The third-order valence-corrected chi connectivity index (χ3v) is 4.96. The monoisotopic (exact) mass is 337 g/mol. The summed E-state index contributed by atoms with van der Waals surface area (Å²) in [5.74, 6) is -0.169. The average molecular weight is 337 g/mol. The lowest BCUT2D eigenvalue weighted by Gasteiger charge is -2.37. The SMILES string of the molecule is O[C@@H]1CN(Cc2ccccc2F)CC[C@H]1NCCN1CCOCC1. The Bertz CT molecular complexity index is 511. The van der Waals surface area contributed by atoms with Crippen LogP contribution in [-0.4, -0.2) is 79.5 Å². The molecule has 0 saturated carbocycles. The summed E-state index contributed by atoms with van der Waals surface area (Å²) in [7, 11) is 0. The van der Waals surface area contributed by atoms with Crippen molar-refractivity contribution in [2.75, 3.05) is 52.5 Å². The molecule has 2 N–H and O–H groups in total. The highest BCUT2D eigenvalue weighted by molar-refractivity contribution is 5.17. The Morgan fingerprint density at radius 2 is 1.96 bits per heavy atom. The first-order chi connectivity index (χ1) is 11.7. The van der Waals surface area contributed by atoms with E-state index >= 15 is 0 Å². The van der Waals surface area contributed by atoms with Gasteiger partial charge in [0, 0.05) is 57.4 Å². The lowest BCUT2D eigenvalue weighted by molar-refractivity contribution is 0.0266. The summed E-state index contributed by atoms with van der Waals surface area (Å²) in [6.45, 7) is 7.51. The molecule has 2 saturated heterocycles. The summed E-state index contributed by atoms with van der Waals surface area (Å²) in [6.07, 6.45) is 0.480. The molecular formula is C18H28FN3O2. The van der Waals surface area contributed by atoms with Gasteiger partial charge in [-0.3, -0.25) is 9.80 Å². The number of benzene rings is 1. The molecule has 1 aromatic rings. The minimum Gasteiger partial charge on any atom is -0.390 e. The molecule has 3 rings (SSSR count). The van der Waals surface area contributed by atoms with Gasteiger partial charge in [-0.1, -0.05) is 18.2 Å². The van der Waals surface area contributed by atoms with Crippen LogP contribution in [0.4, 0.5) is 4.39 Å². The van der Waals surface area contributed by atoms with E-state index < -0.39 is 6.10 Å². The average Bonchev–Trinajstić information content (AvgIpc) is 2.60. The minimum absolute atomic E-state index is 0.128. The van der Waals surface area contributed by atoms with Crippen LogP contribution in [0.3, 0.4) is 0 Å². The molecule has 0 aliphatic carbocycles. The second-order valence-corrected chi connectivity index (χ2v) is 6.70. The van der Waals surface area contributed by atoms with Gasteiger partial charge >= 0.3 is 0 Å². The molecule has 0 unspecified atom stereocenters. The van der Waals surface area contributed by atoms with Gasteiger partial charge in [0.25, 0.3) is 0 Å². The largest absolute Gasteiger partial charge is 0.390 e. The molecule has 1 aromatic carbocycles. The summed E-state index contributed by atoms with van der Waals surface area (Å²) in [5.41, 5.74) is 0.698. The van der Waals surface area contributed by atoms with Crippen molar-refractivity contribution in [1.29, 1.82) is 0 Å².